The molecule has 2 rings (SSSR count). The summed E-state index contributed by atoms with van der Waals surface area (Å²) >= 11 is 0. The number of aliphatic hydroxyl groups is 1. The van der Waals surface area contributed by atoms with Gasteiger partial charge in [-0.3, -0.25) is 4.79 Å². The summed E-state index contributed by atoms with van der Waals surface area (Å²) in [6.07, 6.45) is 3.11. The third kappa shape index (κ3) is 3.27. The van der Waals surface area contributed by atoms with E-state index in [9.17, 15) is 4.79 Å². The second-order valence-electron chi connectivity index (χ2n) is 4.62. The van der Waals surface area contributed by atoms with Crippen LogP contribution in [-0.2, 0) is 0 Å². The number of hydrogen-bond acceptors (Lipinski definition) is 5. The molecule has 0 aromatic carbocycles. The molecule has 3 N–H and O–H groups in total. The van der Waals surface area contributed by atoms with Crippen LogP contribution in [0.3, 0.4) is 0 Å². The maximum atomic E-state index is 11.7. The van der Waals surface area contributed by atoms with E-state index >= 15 is 0 Å². The maximum absolute atomic E-state index is 11.7. The number of aromatic nitrogens is 3. The molecule has 1 aliphatic rings. The van der Waals surface area contributed by atoms with Gasteiger partial charge in [0.15, 0.2) is 5.69 Å². The number of hydrogen-bond donors (Lipinski definition) is 3. The van der Waals surface area contributed by atoms with Gasteiger partial charge in [0.2, 0.25) is 0 Å². The van der Waals surface area contributed by atoms with Crippen LogP contribution in [0.2, 0.25) is 0 Å². The van der Waals surface area contributed by atoms with E-state index in [1.807, 2.05) is 0 Å². The Morgan fingerprint density at radius 1 is 1.67 bits per heavy atom. The molecule has 7 heteroatoms. The summed E-state index contributed by atoms with van der Waals surface area (Å²) in [6.45, 7) is 3.77. The Bertz CT molecular complexity index is 398. The van der Waals surface area contributed by atoms with Gasteiger partial charge in [-0.2, -0.15) is 0 Å². The molecule has 1 amide bonds. The van der Waals surface area contributed by atoms with Gasteiger partial charge < -0.3 is 15.7 Å². The summed E-state index contributed by atoms with van der Waals surface area (Å²) < 4.78 is 1.76. The molecular weight excluding hydrogens is 234 g/mol. The van der Waals surface area contributed by atoms with Gasteiger partial charge in [0.05, 0.1) is 18.3 Å². The van der Waals surface area contributed by atoms with E-state index < -0.39 is 6.10 Å². The molecule has 1 fully saturated rings. The molecule has 7 nitrogen and oxygen atoms in total. The highest BCUT2D eigenvalue weighted by Crippen LogP contribution is 2.16. The zero-order chi connectivity index (χ0) is 13.0. The molecule has 0 radical (unpaired) electrons. The second kappa shape index (κ2) is 5.92. The van der Waals surface area contributed by atoms with Crippen LogP contribution in [0.1, 0.15) is 36.3 Å². The second-order valence-corrected chi connectivity index (χ2v) is 4.62. The molecule has 18 heavy (non-hydrogen) atoms. The van der Waals surface area contributed by atoms with Crippen molar-refractivity contribution in [2.75, 3.05) is 19.6 Å². The Balaban J connectivity index is 1.94. The Labute approximate surface area is 106 Å². The Hall–Kier alpha value is -1.47. The van der Waals surface area contributed by atoms with Crippen molar-refractivity contribution in [3.63, 3.8) is 0 Å². The van der Waals surface area contributed by atoms with Gasteiger partial charge in [0, 0.05) is 6.54 Å². The van der Waals surface area contributed by atoms with Crippen LogP contribution in [0.5, 0.6) is 0 Å². The molecule has 1 aliphatic heterocycles. The molecule has 1 saturated heterocycles. The number of carbonyl (C=O) groups excluding carboxylic acids is 1. The molecule has 1 unspecified atom stereocenters. The summed E-state index contributed by atoms with van der Waals surface area (Å²) in [5.74, 6) is -0.295. The summed E-state index contributed by atoms with van der Waals surface area (Å²) in [7, 11) is 0. The van der Waals surface area contributed by atoms with Crippen LogP contribution < -0.4 is 10.6 Å². The van der Waals surface area contributed by atoms with Gasteiger partial charge in [-0.25, -0.2) is 4.68 Å². The average Bonchev–Trinajstić information content (AvgIpc) is 2.86. The smallest absolute Gasteiger partial charge is 0.273 e. The maximum Gasteiger partial charge on any atom is 0.273 e. The molecule has 0 bridgehead atoms. The van der Waals surface area contributed by atoms with Crippen molar-refractivity contribution in [1.82, 2.24) is 25.6 Å². The monoisotopic (exact) mass is 253 g/mol. The fraction of sp³-hybridized carbons (Fsp3) is 0.727. The van der Waals surface area contributed by atoms with Gasteiger partial charge in [-0.1, -0.05) is 5.21 Å². The minimum absolute atomic E-state index is 0.221. The van der Waals surface area contributed by atoms with Crippen LogP contribution in [0, 0.1) is 0 Å². The molecule has 1 atom stereocenters. The summed E-state index contributed by atoms with van der Waals surface area (Å²) in [6, 6.07) is 0.317. The highest BCUT2D eigenvalue weighted by Gasteiger charge is 2.18. The first-order valence-corrected chi connectivity index (χ1v) is 6.25. The van der Waals surface area contributed by atoms with E-state index in [1.165, 1.54) is 0 Å². The zero-order valence-corrected chi connectivity index (χ0v) is 10.5. The van der Waals surface area contributed by atoms with Crippen molar-refractivity contribution in [2.45, 2.75) is 31.9 Å². The molecule has 0 spiro atoms. The molecule has 2 heterocycles. The van der Waals surface area contributed by atoms with Crippen LogP contribution >= 0.6 is 0 Å². The van der Waals surface area contributed by atoms with Crippen molar-refractivity contribution < 1.29 is 9.90 Å². The topological polar surface area (TPSA) is 92.1 Å². The lowest BCUT2D eigenvalue weighted by atomic mass is 10.1. The van der Waals surface area contributed by atoms with Crippen molar-refractivity contribution in [3.8, 4) is 0 Å². The number of nitrogens with zero attached hydrogens (tertiary/aromatic N) is 3. The minimum Gasteiger partial charge on any atom is -0.392 e. The SMILES string of the molecule is CC(O)CNC(=O)c1cn(C2CCNCC2)nn1. The predicted octanol–water partition coefficient (Wildman–Crippen LogP) is -0.687. The normalized spacial score (nSPS) is 18.6. The highest BCUT2D eigenvalue weighted by molar-refractivity contribution is 5.91. The van der Waals surface area contributed by atoms with Crippen molar-refractivity contribution in [3.05, 3.63) is 11.9 Å². The van der Waals surface area contributed by atoms with E-state index in [2.05, 4.69) is 20.9 Å². The van der Waals surface area contributed by atoms with Crippen LogP contribution in [0.15, 0.2) is 6.20 Å². The molecule has 0 aliphatic carbocycles. The molecule has 0 saturated carbocycles. The highest BCUT2D eigenvalue weighted by atomic mass is 16.3. The predicted molar refractivity (Wildman–Crippen MR) is 65.2 cm³/mol. The van der Waals surface area contributed by atoms with E-state index in [4.69, 9.17) is 5.11 Å². The first-order chi connectivity index (χ1) is 8.66. The van der Waals surface area contributed by atoms with E-state index in [-0.39, 0.29) is 12.5 Å². The lowest BCUT2D eigenvalue weighted by Gasteiger charge is -2.22. The van der Waals surface area contributed by atoms with E-state index in [0.717, 1.165) is 25.9 Å². The quantitative estimate of drug-likeness (QED) is 0.661. The molecule has 100 valence electrons. The van der Waals surface area contributed by atoms with Crippen LogP contribution in [0.25, 0.3) is 0 Å². The molecule has 1 aromatic heterocycles. The zero-order valence-electron chi connectivity index (χ0n) is 10.5. The first kappa shape index (κ1) is 13.0. The minimum atomic E-state index is -0.562. The fourth-order valence-electron chi connectivity index (χ4n) is 1.96. The summed E-state index contributed by atoms with van der Waals surface area (Å²) in [5, 5.41) is 22.8. The largest absolute Gasteiger partial charge is 0.392 e. The summed E-state index contributed by atoms with van der Waals surface area (Å²) in [5.41, 5.74) is 0.300. The fourth-order valence-corrected chi connectivity index (χ4v) is 1.96. The van der Waals surface area contributed by atoms with Crippen LogP contribution in [0.4, 0.5) is 0 Å². The van der Waals surface area contributed by atoms with Gasteiger partial charge in [0.25, 0.3) is 5.91 Å². The number of carbonyl (C=O) groups is 1. The first-order valence-electron chi connectivity index (χ1n) is 6.25. The number of rotatable bonds is 4. The lowest BCUT2D eigenvalue weighted by Crippen LogP contribution is -2.31. The van der Waals surface area contributed by atoms with Crippen LogP contribution in [-0.4, -0.2) is 51.7 Å². The summed E-state index contributed by atoms with van der Waals surface area (Å²) in [4.78, 5) is 11.7. The van der Waals surface area contributed by atoms with Crippen molar-refractivity contribution in [2.24, 2.45) is 0 Å². The Morgan fingerprint density at radius 2 is 2.39 bits per heavy atom. The third-order valence-corrected chi connectivity index (χ3v) is 2.98. The number of amides is 1. The number of piperidine rings is 1. The Kier molecular flexibility index (Phi) is 4.27. The molecule has 1 aromatic rings. The lowest BCUT2D eigenvalue weighted by molar-refractivity contribution is 0.0919. The standard InChI is InChI=1S/C11H19N5O2/c1-8(17)6-13-11(18)10-7-16(15-14-10)9-2-4-12-5-3-9/h7-9,12,17H,2-6H2,1H3,(H,13,18). The van der Waals surface area contributed by atoms with Gasteiger partial charge in [-0.15, -0.1) is 5.10 Å². The number of nitrogens with one attached hydrogen (secondary N) is 2. The van der Waals surface area contributed by atoms with E-state index in [0.29, 0.717) is 11.7 Å². The molecular formula is C11H19N5O2. The van der Waals surface area contributed by atoms with Gasteiger partial charge >= 0.3 is 0 Å². The average molecular weight is 253 g/mol. The van der Waals surface area contributed by atoms with E-state index in [1.54, 1.807) is 17.8 Å². The number of aliphatic hydroxyl groups excluding tert-OH is 1. The van der Waals surface area contributed by atoms with Gasteiger partial charge in [0.1, 0.15) is 0 Å². The van der Waals surface area contributed by atoms with Gasteiger partial charge in [-0.05, 0) is 32.9 Å². The van der Waals surface area contributed by atoms with Crippen molar-refractivity contribution >= 4 is 5.91 Å². The third-order valence-electron chi connectivity index (χ3n) is 2.98. The Morgan fingerprint density at radius 3 is 3.06 bits per heavy atom. The van der Waals surface area contributed by atoms with Crippen molar-refractivity contribution in [1.29, 1.82) is 0 Å².